The van der Waals surface area contributed by atoms with Crippen LogP contribution in [0.25, 0.3) is 11.1 Å². The molecule has 2 aromatic rings. The van der Waals surface area contributed by atoms with Gasteiger partial charge >= 0.3 is 0 Å². The largest absolute Gasteiger partial charge is 0.487 e. The van der Waals surface area contributed by atoms with Crippen molar-refractivity contribution in [3.63, 3.8) is 0 Å². The van der Waals surface area contributed by atoms with Crippen molar-refractivity contribution < 1.29 is 23.5 Å². The van der Waals surface area contributed by atoms with Crippen LogP contribution in [-0.4, -0.2) is 37.6 Å². The second kappa shape index (κ2) is 8.56. The van der Waals surface area contributed by atoms with Gasteiger partial charge in [0.15, 0.2) is 5.78 Å². The zero-order valence-corrected chi connectivity index (χ0v) is 17.3. The molecule has 0 saturated carbocycles. The topological polar surface area (TPSA) is 64.6 Å². The van der Waals surface area contributed by atoms with Crippen LogP contribution in [0, 0.1) is 18.7 Å². The van der Waals surface area contributed by atoms with E-state index in [0.29, 0.717) is 48.6 Å². The van der Waals surface area contributed by atoms with E-state index in [1.165, 1.54) is 19.1 Å². The van der Waals surface area contributed by atoms with Crippen LogP contribution in [0.2, 0.25) is 0 Å². The number of hydrogen-bond donors (Lipinski definition) is 1. The number of aryl methyl sites for hydroxylation is 1. The number of amides is 1. The normalized spacial score (nSPS) is 18.6. The van der Waals surface area contributed by atoms with Crippen LogP contribution in [0.5, 0.6) is 5.75 Å². The summed E-state index contributed by atoms with van der Waals surface area (Å²) in [4.78, 5) is 24.2. The predicted molar refractivity (Wildman–Crippen MR) is 111 cm³/mol. The molecule has 1 saturated heterocycles. The molecule has 5 nitrogen and oxygen atoms in total. The van der Waals surface area contributed by atoms with Gasteiger partial charge in [-0.05, 0) is 62.1 Å². The van der Waals surface area contributed by atoms with Crippen molar-refractivity contribution >= 4 is 11.7 Å². The number of ketones is 1. The molecule has 4 rings (SSSR count). The molecule has 0 radical (unpaired) electrons. The first-order valence-electron chi connectivity index (χ1n) is 10.4. The lowest BCUT2D eigenvalue weighted by atomic mass is 9.95. The Morgan fingerprint density at radius 1 is 1.13 bits per heavy atom. The Hall–Kier alpha value is -2.73. The van der Waals surface area contributed by atoms with Crippen molar-refractivity contribution in [2.45, 2.75) is 39.2 Å². The molecule has 0 aliphatic carbocycles. The van der Waals surface area contributed by atoms with Gasteiger partial charge in [0, 0.05) is 42.2 Å². The number of Topliss-reactive ketones (excluding diaryl/α,β-unsaturated/α-hetero) is 1. The Labute approximate surface area is 175 Å². The van der Waals surface area contributed by atoms with Gasteiger partial charge in [-0.15, -0.1) is 0 Å². The monoisotopic (exact) mass is 411 g/mol. The average Bonchev–Trinajstić information content (AvgIpc) is 3.15. The molecule has 0 unspecified atom stereocenters. The van der Waals surface area contributed by atoms with E-state index in [4.69, 9.17) is 9.47 Å². The van der Waals surface area contributed by atoms with E-state index < -0.39 is 5.82 Å². The second-order valence-electron chi connectivity index (χ2n) is 8.13. The molecule has 1 amide bonds. The van der Waals surface area contributed by atoms with Gasteiger partial charge in [-0.3, -0.25) is 9.59 Å². The first-order valence-corrected chi connectivity index (χ1v) is 10.4. The fraction of sp³-hybridized carbons (Fsp3) is 0.417. The first-order chi connectivity index (χ1) is 14.4. The minimum atomic E-state index is -0.396. The van der Waals surface area contributed by atoms with Crippen LogP contribution >= 0.6 is 0 Å². The number of nitrogens with one attached hydrogen (secondary N) is 1. The van der Waals surface area contributed by atoms with E-state index in [9.17, 15) is 14.0 Å². The summed E-state index contributed by atoms with van der Waals surface area (Å²) in [5, 5.41) is 3.00. The average molecular weight is 411 g/mol. The Bertz CT molecular complexity index is 981. The highest BCUT2D eigenvalue weighted by molar-refractivity contribution is 5.95. The lowest BCUT2D eigenvalue weighted by Gasteiger charge is -2.22. The van der Waals surface area contributed by atoms with Crippen molar-refractivity contribution in [3.8, 4) is 16.9 Å². The minimum Gasteiger partial charge on any atom is -0.487 e. The summed E-state index contributed by atoms with van der Waals surface area (Å²) in [7, 11) is 0. The third-order valence-electron chi connectivity index (χ3n) is 5.80. The minimum absolute atomic E-state index is 0.0104. The molecule has 1 fully saturated rings. The van der Waals surface area contributed by atoms with Crippen molar-refractivity contribution in [2.24, 2.45) is 5.92 Å². The zero-order valence-electron chi connectivity index (χ0n) is 17.3. The molecule has 1 N–H and O–H groups in total. The van der Waals surface area contributed by atoms with Gasteiger partial charge in [0.25, 0.3) is 0 Å². The number of carbonyl (C=O) groups is 2. The van der Waals surface area contributed by atoms with Crippen molar-refractivity contribution in [3.05, 3.63) is 52.8 Å². The van der Waals surface area contributed by atoms with Gasteiger partial charge in [0.2, 0.25) is 5.91 Å². The Morgan fingerprint density at radius 2 is 1.90 bits per heavy atom. The fourth-order valence-electron chi connectivity index (χ4n) is 4.18. The van der Waals surface area contributed by atoms with E-state index in [0.717, 1.165) is 24.0 Å². The molecule has 2 aliphatic rings. The van der Waals surface area contributed by atoms with Crippen molar-refractivity contribution in [1.82, 2.24) is 5.32 Å². The SMILES string of the molecule is CC(=O)c1ccc(F)c(-c2cc(C)cc3c2O[C@@H](CNC(=O)C2CCOCC2)C3)c1. The van der Waals surface area contributed by atoms with Crippen molar-refractivity contribution in [1.29, 1.82) is 0 Å². The number of fused-ring (bicyclic) bond motifs is 1. The van der Waals surface area contributed by atoms with Gasteiger partial charge < -0.3 is 14.8 Å². The number of halogens is 1. The molecular formula is C24H26FNO4. The van der Waals surface area contributed by atoms with Gasteiger partial charge in [0.1, 0.15) is 17.7 Å². The number of benzene rings is 2. The number of rotatable bonds is 5. The summed E-state index contributed by atoms with van der Waals surface area (Å²) in [5.74, 6) is 0.145. The lowest BCUT2D eigenvalue weighted by molar-refractivity contribution is -0.128. The molecule has 1 atom stereocenters. The summed E-state index contributed by atoms with van der Waals surface area (Å²) in [5.41, 5.74) is 3.44. The standard InChI is InChI=1S/C24H26FNO4/c1-14-9-18-11-19(13-26-24(28)16-5-7-29-8-6-16)30-23(18)21(10-14)20-12-17(15(2)27)3-4-22(20)25/h3-4,9-10,12,16,19H,5-8,11,13H2,1-2H3,(H,26,28)/t19-/m1/s1. The summed E-state index contributed by atoms with van der Waals surface area (Å²) >= 11 is 0. The Morgan fingerprint density at radius 3 is 2.63 bits per heavy atom. The zero-order chi connectivity index (χ0) is 21.3. The lowest BCUT2D eigenvalue weighted by Crippen LogP contribution is -2.39. The van der Waals surface area contributed by atoms with Crippen LogP contribution in [0.15, 0.2) is 30.3 Å². The molecule has 2 aliphatic heterocycles. The van der Waals surface area contributed by atoms with Gasteiger partial charge in [-0.2, -0.15) is 0 Å². The highest BCUT2D eigenvalue weighted by atomic mass is 19.1. The van der Waals surface area contributed by atoms with Crippen LogP contribution in [-0.2, 0) is 16.0 Å². The highest BCUT2D eigenvalue weighted by Gasteiger charge is 2.29. The quantitative estimate of drug-likeness (QED) is 0.759. The maximum Gasteiger partial charge on any atom is 0.223 e. The van der Waals surface area contributed by atoms with E-state index in [1.54, 1.807) is 6.07 Å². The maximum absolute atomic E-state index is 14.6. The van der Waals surface area contributed by atoms with Crippen LogP contribution in [0.4, 0.5) is 4.39 Å². The van der Waals surface area contributed by atoms with E-state index >= 15 is 0 Å². The molecule has 0 bridgehead atoms. The van der Waals surface area contributed by atoms with E-state index in [-0.39, 0.29) is 23.7 Å². The molecule has 0 aromatic heterocycles. The van der Waals surface area contributed by atoms with Gasteiger partial charge in [0.05, 0.1) is 6.54 Å². The van der Waals surface area contributed by atoms with Crippen LogP contribution in [0.1, 0.15) is 41.3 Å². The smallest absolute Gasteiger partial charge is 0.223 e. The summed E-state index contributed by atoms with van der Waals surface area (Å²) in [6.45, 7) is 5.06. The first kappa shape index (κ1) is 20.5. The Balaban J connectivity index is 1.53. The summed E-state index contributed by atoms with van der Waals surface area (Å²) < 4.78 is 26.1. The van der Waals surface area contributed by atoms with Crippen LogP contribution < -0.4 is 10.1 Å². The summed E-state index contributed by atoms with van der Waals surface area (Å²) in [6, 6.07) is 8.31. The van der Waals surface area contributed by atoms with Gasteiger partial charge in [-0.1, -0.05) is 6.07 Å². The predicted octanol–water partition coefficient (Wildman–Crippen LogP) is 3.85. The molecule has 30 heavy (non-hydrogen) atoms. The molecule has 2 aromatic carbocycles. The number of ether oxygens (including phenoxy) is 2. The fourth-order valence-corrected chi connectivity index (χ4v) is 4.18. The van der Waals surface area contributed by atoms with Gasteiger partial charge in [-0.25, -0.2) is 4.39 Å². The Kier molecular flexibility index (Phi) is 5.86. The van der Waals surface area contributed by atoms with E-state index in [1.807, 2.05) is 19.1 Å². The second-order valence-corrected chi connectivity index (χ2v) is 8.13. The van der Waals surface area contributed by atoms with Crippen LogP contribution in [0.3, 0.4) is 0 Å². The molecule has 158 valence electrons. The molecule has 2 heterocycles. The summed E-state index contributed by atoms with van der Waals surface area (Å²) in [6.07, 6.45) is 1.93. The molecule has 0 spiro atoms. The third kappa shape index (κ3) is 4.24. The number of hydrogen-bond acceptors (Lipinski definition) is 4. The molecule has 6 heteroatoms. The number of carbonyl (C=O) groups excluding carboxylic acids is 2. The molecular weight excluding hydrogens is 385 g/mol. The maximum atomic E-state index is 14.6. The highest BCUT2D eigenvalue weighted by Crippen LogP contribution is 2.41. The van der Waals surface area contributed by atoms with E-state index in [2.05, 4.69) is 5.32 Å². The third-order valence-corrected chi connectivity index (χ3v) is 5.80. The van der Waals surface area contributed by atoms with Crippen molar-refractivity contribution in [2.75, 3.05) is 19.8 Å².